The van der Waals surface area contributed by atoms with E-state index in [1.807, 2.05) is 12.4 Å². The summed E-state index contributed by atoms with van der Waals surface area (Å²) in [6.07, 6.45) is 5.52. The van der Waals surface area contributed by atoms with Crippen LogP contribution in [0.4, 0.5) is 0 Å². The van der Waals surface area contributed by atoms with Gasteiger partial charge in [0.05, 0.1) is 22.4 Å². The molecule has 4 heteroatoms. The van der Waals surface area contributed by atoms with Crippen LogP contribution in [0.2, 0.25) is 0 Å². The number of pyridine rings is 1. The molecule has 274 valence electrons. The molecule has 4 nitrogen and oxygen atoms in total. The average molecular weight is 751 g/mol. The highest BCUT2D eigenvalue weighted by Crippen LogP contribution is 2.46. The zero-order chi connectivity index (χ0) is 38.9. The van der Waals surface area contributed by atoms with Crippen molar-refractivity contribution in [1.82, 2.24) is 19.5 Å². The van der Waals surface area contributed by atoms with Crippen molar-refractivity contribution in [3.63, 3.8) is 0 Å². The molecule has 0 fully saturated rings. The molecule has 0 spiro atoms. The minimum absolute atomic E-state index is 0.867. The Morgan fingerprint density at radius 1 is 0.339 bits per heavy atom. The molecule has 0 aliphatic carbocycles. The molecule has 0 bridgehead atoms. The van der Waals surface area contributed by atoms with Crippen molar-refractivity contribution >= 4 is 64.9 Å². The Balaban J connectivity index is 1.07. The molecule has 12 aromatic rings. The van der Waals surface area contributed by atoms with Crippen molar-refractivity contribution in [2.24, 2.45) is 0 Å². The number of benzene rings is 9. The van der Waals surface area contributed by atoms with Gasteiger partial charge in [-0.1, -0.05) is 133 Å². The van der Waals surface area contributed by atoms with E-state index in [-0.39, 0.29) is 0 Å². The quantitative estimate of drug-likeness (QED) is 0.165. The fraction of sp³-hybridized carbons (Fsp3) is 0. The molecule has 3 aromatic heterocycles. The number of hydrogen-bond donors (Lipinski definition) is 0. The molecular weight excluding hydrogens is 717 g/mol. The summed E-state index contributed by atoms with van der Waals surface area (Å²) >= 11 is 0. The van der Waals surface area contributed by atoms with E-state index in [4.69, 9.17) is 9.97 Å². The Morgan fingerprint density at radius 3 is 1.54 bits per heavy atom. The lowest BCUT2D eigenvalue weighted by molar-refractivity contribution is 1.17. The van der Waals surface area contributed by atoms with Crippen molar-refractivity contribution in [1.29, 1.82) is 0 Å². The van der Waals surface area contributed by atoms with E-state index in [1.54, 1.807) is 6.33 Å². The lowest BCUT2D eigenvalue weighted by atomic mass is 9.84. The second-order valence-corrected chi connectivity index (χ2v) is 15.3. The van der Waals surface area contributed by atoms with Gasteiger partial charge < -0.3 is 4.57 Å². The van der Waals surface area contributed by atoms with Gasteiger partial charge in [0.15, 0.2) is 0 Å². The predicted molar refractivity (Wildman–Crippen MR) is 246 cm³/mol. The van der Waals surface area contributed by atoms with Gasteiger partial charge in [0.2, 0.25) is 0 Å². The minimum atomic E-state index is 0.867. The van der Waals surface area contributed by atoms with Gasteiger partial charge in [-0.05, 0) is 120 Å². The molecule has 9 aromatic carbocycles. The van der Waals surface area contributed by atoms with Gasteiger partial charge in [-0.3, -0.25) is 4.98 Å². The highest BCUT2D eigenvalue weighted by atomic mass is 15.0. The Kier molecular flexibility index (Phi) is 7.50. The fourth-order valence-electron chi connectivity index (χ4n) is 9.20. The monoisotopic (exact) mass is 750 g/mol. The van der Waals surface area contributed by atoms with Crippen molar-refractivity contribution in [2.75, 3.05) is 0 Å². The largest absolute Gasteiger partial charge is 0.309 e. The van der Waals surface area contributed by atoms with Gasteiger partial charge in [-0.2, -0.15) is 0 Å². The van der Waals surface area contributed by atoms with Crippen LogP contribution in [0.5, 0.6) is 0 Å². The van der Waals surface area contributed by atoms with Gasteiger partial charge >= 0.3 is 0 Å². The molecule has 0 saturated carbocycles. The van der Waals surface area contributed by atoms with Gasteiger partial charge in [0.25, 0.3) is 0 Å². The Hall–Kier alpha value is -7.95. The van der Waals surface area contributed by atoms with Gasteiger partial charge in [0.1, 0.15) is 6.33 Å². The second-order valence-electron chi connectivity index (χ2n) is 15.3. The first-order valence-corrected chi connectivity index (χ1v) is 20.0. The minimum Gasteiger partial charge on any atom is -0.309 e. The summed E-state index contributed by atoms with van der Waals surface area (Å²) in [6, 6.07) is 68.0. The normalized spacial score (nSPS) is 11.7. The van der Waals surface area contributed by atoms with Crippen LogP contribution in [0.25, 0.3) is 115 Å². The summed E-state index contributed by atoms with van der Waals surface area (Å²) in [4.78, 5) is 14.2. The molecule has 3 heterocycles. The molecular formula is C55H34N4. The Bertz CT molecular complexity index is 3620. The van der Waals surface area contributed by atoms with Crippen LogP contribution < -0.4 is 0 Å². The first kappa shape index (κ1) is 33.2. The van der Waals surface area contributed by atoms with Crippen LogP contribution in [-0.2, 0) is 0 Å². The van der Waals surface area contributed by atoms with E-state index in [2.05, 4.69) is 198 Å². The van der Waals surface area contributed by atoms with E-state index >= 15 is 0 Å². The van der Waals surface area contributed by atoms with E-state index in [0.717, 1.165) is 50.0 Å². The molecule has 0 radical (unpaired) electrons. The van der Waals surface area contributed by atoms with Crippen LogP contribution in [0.3, 0.4) is 0 Å². The standard InChI is InChI=1S/C55H34N4/c1-2-14-43(15-3-1)59-52-25-23-40(30-47(52)49-33-56-27-26-53(49)59)51-32-50(57-34-58-51)39-22-24-46-48(31-39)55(42-21-19-36-11-5-7-13-38(36)29-42)45-17-9-8-16-44(45)54(46)41-20-18-35-10-4-6-12-37(35)28-41/h1-34H. The lowest BCUT2D eigenvalue weighted by Gasteiger charge is -2.19. The van der Waals surface area contributed by atoms with Crippen LogP contribution in [0.15, 0.2) is 207 Å². The maximum absolute atomic E-state index is 4.89. The summed E-state index contributed by atoms with van der Waals surface area (Å²) in [5.74, 6) is 0. The lowest BCUT2D eigenvalue weighted by Crippen LogP contribution is -1.94. The van der Waals surface area contributed by atoms with Crippen LogP contribution >= 0.6 is 0 Å². The second kappa shape index (κ2) is 13.3. The number of aromatic nitrogens is 4. The molecule has 0 amide bonds. The number of fused-ring (bicyclic) bond motifs is 7. The number of nitrogens with zero attached hydrogens (tertiary/aromatic N) is 4. The topological polar surface area (TPSA) is 43.6 Å². The maximum Gasteiger partial charge on any atom is 0.116 e. The van der Waals surface area contributed by atoms with Crippen molar-refractivity contribution < 1.29 is 0 Å². The van der Waals surface area contributed by atoms with Gasteiger partial charge in [0, 0.05) is 40.0 Å². The third kappa shape index (κ3) is 5.42. The first-order valence-electron chi connectivity index (χ1n) is 20.0. The SMILES string of the molecule is c1ccc(-n2c3ccncc3c3cc(-c4cc(-c5ccc6c(-c7ccc8ccccc8c7)c7ccccc7c(-c7ccc8ccccc8c7)c6c5)ncn4)ccc32)cc1. The number of para-hydroxylation sites is 1. The summed E-state index contributed by atoms with van der Waals surface area (Å²) in [6.45, 7) is 0. The molecule has 0 atom stereocenters. The van der Waals surface area contributed by atoms with Crippen LogP contribution in [0, 0.1) is 0 Å². The third-order valence-corrected chi connectivity index (χ3v) is 11.9. The van der Waals surface area contributed by atoms with Crippen LogP contribution in [-0.4, -0.2) is 19.5 Å². The zero-order valence-corrected chi connectivity index (χ0v) is 31.9. The van der Waals surface area contributed by atoms with E-state index in [9.17, 15) is 0 Å². The van der Waals surface area contributed by atoms with Gasteiger partial charge in [-0.25, -0.2) is 9.97 Å². The van der Waals surface area contributed by atoms with E-state index in [0.29, 0.717) is 0 Å². The van der Waals surface area contributed by atoms with Crippen molar-refractivity contribution in [3.8, 4) is 50.5 Å². The van der Waals surface area contributed by atoms with Crippen molar-refractivity contribution in [2.45, 2.75) is 0 Å². The number of hydrogen-bond acceptors (Lipinski definition) is 3. The summed E-state index contributed by atoms with van der Waals surface area (Å²) < 4.78 is 2.31. The smallest absolute Gasteiger partial charge is 0.116 e. The highest BCUT2D eigenvalue weighted by Gasteiger charge is 2.19. The van der Waals surface area contributed by atoms with E-state index < -0.39 is 0 Å². The highest BCUT2D eigenvalue weighted by molar-refractivity contribution is 6.22. The molecule has 0 N–H and O–H groups in total. The average Bonchev–Trinajstić information content (AvgIpc) is 3.64. The first-order chi connectivity index (χ1) is 29.2. The number of rotatable bonds is 5. The summed E-state index contributed by atoms with van der Waals surface area (Å²) in [7, 11) is 0. The predicted octanol–water partition coefficient (Wildman–Crippen LogP) is 14.2. The molecule has 0 saturated heterocycles. The molecule has 0 aliphatic rings. The third-order valence-electron chi connectivity index (χ3n) is 11.9. The maximum atomic E-state index is 4.89. The summed E-state index contributed by atoms with van der Waals surface area (Å²) in [5.41, 5.74) is 12.0. The molecule has 59 heavy (non-hydrogen) atoms. The molecule has 0 unspecified atom stereocenters. The van der Waals surface area contributed by atoms with E-state index in [1.165, 1.54) is 65.3 Å². The Labute approximate surface area is 340 Å². The molecule has 12 rings (SSSR count). The summed E-state index contributed by atoms with van der Waals surface area (Å²) in [5, 5.41) is 12.0. The molecule has 0 aliphatic heterocycles. The Morgan fingerprint density at radius 2 is 0.864 bits per heavy atom. The zero-order valence-electron chi connectivity index (χ0n) is 31.9. The van der Waals surface area contributed by atoms with Gasteiger partial charge in [-0.15, -0.1) is 0 Å². The van der Waals surface area contributed by atoms with Crippen molar-refractivity contribution in [3.05, 3.63) is 207 Å². The van der Waals surface area contributed by atoms with Crippen LogP contribution in [0.1, 0.15) is 0 Å². The fourth-order valence-corrected chi connectivity index (χ4v) is 9.20.